The fraction of sp³-hybridized carbons (Fsp3) is 0.929. The zero-order chi connectivity index (χ0) is 15.3. The SMILES string of the molecule is CCOC(C(=O)CC1CCCN(S(C)(=O)=O)C1)C(C)C. The highest BCUT2D eigenvalue weighted by molar-refractivity contribution is 7.88. The molecule has 2 atom stereocenters. The molecule has 0 aromatic carbocycles. The van der Waals surface area contributed by atoms with Gasteiger partial charge in [0.2, 0.25) is 10.0 Å². The fourth-order valence-electron chi connectivity index (χ4n) is 2.73. The number of piperidine rings is 1. The largest absolute Gasteiger partial charge is 0.370 e. The molecule has 0 saturated carbocycles. The first-order chi connectivity index (χ1) is 9.25. The molecule has 0 amide bonds. The molecular weight excluding hydrogens is 278 g/mol. The second kappa shape index (κ2) is 7.52. The third-order valence-electron chi connectivity index (χ3n) is 3.71. The van der Waals surface area contributed by atoms with Crippen LogP contribution in [0, 0.1) is 11.8 Å². The lowest BCUT2D eigenvalue weighted by molar-refractivity contribution is -0.134. The third-order valence-corrected chi connectivity index (χ3v) is 4.98. The van der Waals surface area contributed by atoms with E-state index in [9.17, 15) is 13.2 Å². The Hall–Kier alpha value is -0.460. The van der Waals surface area contributed by atoms with Crippen LogP contribution in [0.1, 0.15) is 40.0 Å². The van der Waals surface area contributed by atoms with Crippen LogP contribution in [0.4, 0.5) is 0 Å². The van der Waals surface area contributed by atoms with Gasteiger partial charge in [-0.1, -0.05) is 13.8 Å². The number of nitrogens with zero attached hydrogens (tertiary/aromatic N) is 1. The molecule has 2 unspecified atom stereocenters. The van der Waals surface area contributed by atoms with E-state index in [0.29, 0.717) is 26.1 Å². The van der Waals surface area contributed by atoms with Gasteiger partial charge in [0.05, 0.1) is 6.26 Å². The number of sulfonamides is 1. The molecule has 0 bridgehead atoms. The van der Waals surface area contributed by atoms with Crippen LogP contribution in [0.5, 0.6) is 0 Å². The van der Waals surface area contributed by atoms with Crippen LogP contribution in [0.3, 0.4) is 0 Å². The maximum atomic E-state index is 12.3. The summed E-state index contributed by atoms with van der Waals surface area (Å²) in [5.74, 6) is 0.368. The van der Waals surface area contributed by atoms with Crippen molar-refractivity contribution in [2.45, 2.75) is 46.1 Å². The first-order valence-corrected chi connectivity index (χ1v) is 9.20. The van der Waals surface area contributed by atoms with Gasteiger partial charge >= 0.3 is 0 Å². The Morgan fingerprint density at radius 3 is 2.55 bits per heavy atom. The summed E-state index contributed by atoms with van der Waals surface area (Å²) in [6, 6.07) is 0. The molecule has 5 nitrogen and oxygen atoms in total. The summed E-state index contributed by atoms with van der Waals surface area (Å²) < 4.78 is 30.2. The average Bonchev–Trinajstić information content (AvgIpc) is 2.34. The maximum Gasteiger partial charge on any atom is 0.211 e. The molecule has 6 heteroatoms. The van der Waals surface area contributed by atoms with Crippen LogP contribution in [0.25, 0.3) is 0 Å². The Kier molecular flexibility index (Phi) is 6.61. The molecule has 118 valence electrons. The van der Waals surface area contributed by atoms with E-state index in [1.807, 2.05) is 20.8 Å². The van der Waals surface area contributed by atoms with Gasteiger partial charge in [-0.25, -0.2) is 12.7 Å². The second-order valence-electron chi connectivity index (χ2n) is 5.92. The standard InChI is InChI=1S/C14H27NO4S/c1-5-19-14(11(2)3)13(16)9-12-7-6-8-15(10-12)20(4,17)18/h11-12,14H,5-10H2,1-4H3. The van der Waals surface area contributed by atoms with Crippen molar-refractivity contribution in [3.05, 3.63) is 0 Å². The number of hydrogen-bond donors (Lipinski definition) is 0. The molecule has 1 saturated heterocycles. The topological polar surface area (TPSA) is 63.7 Å². The lowest BCUT2D eigenvalue weighted by atomic mass is 9.90. The first kappa shape index (κ1) is 17.6. The molecule has 1 aliphatic rings. The van der Waals surface area contributed by atoms with Crippen LogP contribution in [-0.2, 0) is 19.6 Å². The second-order valence-corrected chi connectivity index (χ2v) is 7.90. The van der Waals surface area contributed by atoms with Crippen molar-refractivity contribution in [1.82, 2.24) is 4.31 Å². The van der Waals surface area contributed by atoms with Crippen molar-refractivity contribution >= 4 is 15.8 Å². The minimum absolute atomic E-state index is 0.0993. The number of carbonyl (C=O) groups excluding carboxylic acids is 1. The van der Waals surface area contributed by atoms with E-state index in [1.54, 1.807) is 0 Å². The fourth-order valence-corrected chi connectivity index (χ4v) is 3.67. The van der Waals surface area contributed by atoms with Gasteiger partial charge in [0.25, 0.3) is 0 Å². The molecule has 0 N–H and O–H groups in total. The van der Waals surface area contributed by atoms with Crippen molar-refractivity contribution in [2.24, 2.45) is 11.8 Å². The van der Waals surface area contributed by atoms with Gasteiger partial charge in [-0.15, -0.1) is 0 Å². The van der Waals surface area contributed by atoms with Crippen LogP contribution >= 0.6 is 0 Å². The van der Waals surface area contributed by atoms with E-state index in [1.165, 1.54) is 10.6 Å². The minimum Gasteiger partial charge on any atom is -0.370 e. The highest BCUT2D eigenvalue weighted by atomic mass is 32.2. The van der Waals surface area contributed by atoms with E-state index in [4.69, 9.17) is 4.74 Å². The molecule has 1 fully saturated rings. The Labute approximate surface area is 122 Å². The number of ether oxygens (including phenoxy) is 1. The zero-order valence-corrected chi connectivity index (χ0v) is 13.8. The minimum atomic E-state index is -3.15. The molecule has 0 aliphatic carbocycles. The van der Waals surface area contributed by atoms with Crippen LogP contribution in [0.2, 0.25) is 0 Å². The molecule has 0 aromatic rings. The molecule has 20 heavy (non-hydrogen) atoms. The van der Waals surface area contributed by atoms with Gasteiger partial charge in [-0.2, -0.15) is 0 Å². The quantitative estimate of drug-likeness (QED) is 0.718. The predicted octanol–water partition coefficient (Wildman–Crippen LogP) is 1.68. The third kappa shape index (κ3) is 5.14. The van der Waals surface area contributed by atoms with Crippen LogP contribution < -0.4 is 0 Å². The van der Waals surface area contributed by atoms with Gasteiger partial charge in [0.15, 0.2) is 5.78 Å². The van der Waals surface area contributed by atoms with E-state index in [-0.39, 0.29) is 23.7 Å². The van der Waals surface area contributed by atoms with Crippen molar-refractivity contribution < 1.29 is 17.9 Å². The highest BCUT2D eigenvalue weighted by Crippen LogP contribution is 2.23. The summed E-state index contributed by atoms with van der Waals surface area (Å²) in [5.41, 5.74) is 0. The lowest BCUT2D eigenvalue weighted by Crippen LogP contribution is -2.41. The maximum absolute atomic E-state index is 12.3. The van der Waals surface area contributed by atoms with E-state index < -0.39 is 10.0 Å². The number of Topliss-reactive ketones (excluding diaryl/α,β-unsaturated/α-hetero) is 1. The summed E-state index contributed by atoms with van der Waals surface area (Å²) in [4.78, 5) is 12.3. The smallest absolute Gasteiger partial charge is 0.211 e. The zero-order valence-electron chi connectivity index (χ0n) is 13.0. The Morgan fingerprint density at radius 2 is 2.05 bits per heavy atom. The molecule has 1 aliphatic heterocycles. The number of ketones is 1. The van der Waals surface area contributed by atoms with Crippen molar-refractivity contribution in [2.75, 3.05) is 26.0 Å². The molecule has 1 rings (SSSR count). The van der Waals surface area contributed by atoms with Crippen molar-refractivity contribution in [3.63, 3.8) is 0 Å². The van der Waals surface area contributed by atoms with Crippen molar-refractivity contribution in [3.8, 4) is 0 Å². The molecule has 0 aromatic heterocycles. The van der Waals surface area contributed by atoms with Gasteiger partial charge in [0.1, 0.15) is 6.10 Å². The molecule has 0 radical (unpaired) electrons. The normalized spacial score (nSPS) is 22.9. The predicted molar refractivity (Wildman–Crippen MR) is 79.0 cm³/mol. The monoisotopic (exact) mass is 305 g/mol. The van der Waals surface area contributed by atoms with Gasteiger partial charge in [0, 0.05) is 26.1 Å². The van der Waals surface area contributed by atoms with Crippen LogP contribution in [-0.4, -0.2) is 50.6 Å². The Bertz CT molecular complexity index is 419. The van der Waals surface area contributed by atoms with Gasteiger partial charge < -0.3 is 4.74 Å². The average molecular weight is 305 g/mol. The van der Waals surface area contributed by atoms with Crippen molar-refractivity contribution in [1.29, 1.82) is 0 Å². The summed E-state index contributed by atoms with van der Waals surface area (Å²) in [7, 11) is -3.15. The van der Waals surface area contributed by atoms with Crippen LogP contribution in [0.15, 0.2) is 0 Å². The Balaban J connectivity index is 2.61. The summed E-state index contributed by atoms with van der Waals surface area (Å²) in [5, 5.41) is 0. The summed E-state index contributed by atoms with van der Waals surface area (Å²) >= 11 is 0. The van der Waals surface area contributed by atoms with E-state index >= 15 is 0 Å². The summed E-state index contributed by atoms with van der Waals surface area (Å²) in [6.07, 6.45) is 3.01. The number of rotatable bonds is 7. The molecule has 0 spiro atoms. The van der Waals surface area contributed by atoms with Gasteiger partial charge in [-0.3, -0.25) is 4.79 Å². The number of hydrogen-bond acceptors (Lipinski definition) is 4. The molecular formula is C14H27NO4S. The van der Waals surface area contributed by atoms with Gasteiger partial charge in [-0.05, 0) is 31.6 Å². The first-order valence-electron chi connectivity index (χ1n) is 7.35. The highest BCUT2D eigenvalue weighted by Gasteiger charge is 2.30. The van der Waals surface area contributed by atoms with E-state index in [0.717, 1.165) is 12.8 Å². The Morgan fingerprint density at radius 1 is 1.40 bits per heavy atom. The van der Waals surface area contributed by atoms with E-state index in [2.05, 4.69) is 0 Å². The molecule has 1 heterocycles. The lowest BCUT2D eigenvalue weighted by Gasteiger charge is -2.31. The number of carbonyl (C=O) groups is 1. The summed E-state index contributed by atoms with van der Waals surface area (Å²) in [6.45, 7) is 7.39.